The van der Waals surface area contributed by atoms with E-state index in [2.05, 4.69) is 24.0 Å². The first kappa shape index (κ1) is 15.5. The summed E-state index contributed by atoms with van der Waals surface area (Å²) in [5, 5.41) is 9.82. The second-order valence-electron chi connectivity index (χ2n) is 6.55. The van der Waals surface area contributed by atoms with Crippen molar-refractivity contribution in [3.63, 3.8) is 0 Å². The van der Waals surface area contributed by atoms with Gasteiger partial charge in [0.1, 0.15) is 0 Å². The Morgan fingerprint density at radius 1 is 1.27 bits per heavy atom. The molecule has 1 N–H and O–H groups in total. The number of carbonyl (C=O) groups is 1. The highest BCUT2D eigenvalue weighted by Crippen LogP contribution is 2.29. The Morgan fingerprint density at radius 3 is 2.86 bits per heavy atom. The molecule has 120 valence electrons. The number of hydrogen-bond donors (Lipinski definition) is 1. The Balaban J connectivity index is 1.71. The molecule has 2 aliphatic heterocycles. The summed E-state index contributed by atoms with van der Waals surface area (Å²) in [5.74, 6) is 0.213. The molecule has 22 heavy (non-hydrogen) atoms. The number of aliphatic hydroxyl groups excluding tert-OH is 1. The second-order valence-corrected chi connectivity index (χ2v) is 6.55. The highest BCUT2D eigenvalue weighted by molar-refractivity contribution is 5.78. The van der Waals surface area contributed by atoms with Crippen LogP contribution in [0.4, 0.5) is 0 Å². The number of fused-ring (bicyclic) bond motifs is 1. The van der Waals surface area contributed by atoms with Crippen molar-refractivity contribution in [1.29, 1.82) is 0 Å². The quantitative estimate of drug-likeness (QED) is 0.928. The van der Waals surface area contributed by atoms with Crippen molar-refractivity contribution in [2.75, 3.05) is 26.2 Å². The van der Waals surface area contributed by atoms with E-state index in [-0.39, 0.29) is 18.6 Å². The third-order valence-corrected chi connectivity index (χ3v) is 5.16. The van der Waals surface area contributed by atoms with Gasteiger partial charge in [-0.2, -0.15) is 0 Å². The molecule has 0 spiro atoms. The van der Waals surface area contributed by atoms with E-state index in [0.29, 0.717) is 12.6 Å². The van der Waals surface area contributed by atoms with Crippen molar-refractivity contribution < 1.29 is 9.90 Å². The third kappa shape index (κ3) is 3.03. The minimum Gasteiger partial charge on any atom is -0.394 e. The van der Waals surface area contributed by atoms with Crippen molar-refractivity contribution in [2.24, 2.45) is 0 Å². The van der Waals surface area contributed by atoms with Gasteiger partial charge in [-0.05, 0) is 43.7 Å². The van der Waals surface area contributed by atoms with E-state index >= 15 is 0 Å². The van der Waals surface area contributed by atoms with E-state index in [4.69, 9.17) is 0 Å². The van der Waals surface area contributed by atoms with Crippen LogP contribution in [0, 0.1) is 0 Å². The molecule has 1 saturated heterocycles. The van der Waals surface area contributed by atoms with E-state index < -0.39 is 0 Å². The minimum atomic E-state index is -0.0472. The molecule has 0 aliphatic carbocycles. The Kier molecular flexibility index (Phi) is 4.79. The van der Waals surface area contributed by atoms with Gasteiger partial charge in [-0.15, -0.1) is 0 Å². The van der Waals surface area contributed by atoms with Gasteiger partial charge >= 0.3 is 0 Å². The van der Waals surface area contributed by atoms with E-state index in [1.165, 1.54) is 17.5 Å². The van der Waals surface area contributed by atoms with Gasteiger partial charge in [-0.1, -0.05) is 24.3 Å². The molecule has 1 fully saturated rings. The smallest absolute Gasteiger partial charge is 0.237 e. The lowest BCUT2D eigenvalue weighted by Gasteiger charge is -2.39. The fourth-order valence-electron chi connectivity index (χ4n) is 3.84. The van der Waals surface area contributed by atoms with E-state index in [0.717, 1.165) is 32.4 Å². The molecule has 2 heterocycles. The number of likely N-dealkylation sites (tertiary alicyclic amines) is 1. The molecule has 4 heteroatoms. The Bertz CT molecular complexity index is 532. The SMILES string of the molecule is CC1CCCCN1C(=O)CN1CCc2ccccc2C1CO. The Labute approximate surface area is 132 Å². The third-order valence-electron chi connectivity index (χ3n) is 5.16. The van der Waals surface area contributed by atoms with Gasteiger partial charge in [0.2, 0.25) is 5.91 Å². The molecule has 2 atom stereocenters. The van der Waals surface area contributed by atoms with Crippen molar-refractivity contribution in [2.45, 2.75) is 44.7 Å². The summed E-state index contributed by atoms with van der Waals surface area (Å²) in [7, 11) is 0. The highest BCUT2D eigenvalue weighted by Gasteiger charge is 2.30. The van der Waals surface area contributed by atoms with Gasteiger partial charge in [-0.25, -0.2) is 0 Å². The lowest BCUT2D eigenvalue weighted by atomic mass is 9.93. The molecule has 0 radical (unpaired) electrons. The minimum absolute atomic E-state index is 0.0472. The molecular formula is C18H26N2O2. The van der Waals surface area contributed by atoms with E-state index in [1.807, 2.05) is 17.0 Å². The van der Waals surface area contributed by atoms with Crippen LogP contribution in [-0.2, 0) is 11.2 Å². The van der Waals surface area contributed by atoms with Crippen molar-refractivity contribution >= 4 is 5.91 Å². The predicted octanol–water partition coefficient (Wildman–Crippen LogP) is 1.98. The summed E-state index contributed by atoms with van der Waals surface area (Å²) in [6.07, 6.45) is 4.40. The topological polar surface area (TPSA) is 43.8 Å². The first-order chi connectivity index (χ1) is 10.7. The molecule has 2 unspecified atom stereocenters. The number of amides is 1. The number of carbonyl (C=O) groups excluding carboxylic acids is 1. The van der Waals surface area contributed by atoms with Crippen LogP contribution in [0.15, 0.2) is 24.3 Å². The van der Waals surface area contributed by atoms with Gasteiger partial charge in [0, 0.05) is 19.1 Å². The lowest BCUT2D eigenvalue weighted by Crippen LogP contribution is -2.49. The summed E-state index contributed by atoms with van der Waals surface area (Å²) in [5.41, 5.74) is 2.48. The maximum atomic E-state index is 12.7. The zero-order chi connectivity index (χ0) is 15.5. The normalized spacial score (nSPS) is 25.8. The van der Waals surface area contributed by atoms with Gasteiger partial charge in [0.05, 0.1) is 19.2 Å². The molecule has 0 saturated carbocycles. The molecule has 1 amide bonds. The number of benzene rings is 1. The van der Waals surface area contributed by atoms with E-state index in [9.17, 15) is 9.90 Å². The summed E-state index contributed by atoms with van der Waals surface area (Å²) in [6.45, 7) is 4.36. The molecule has 0 bridgehead atoms. The first-order valence-corrected chi connectivity index (χ1v) is 8.43. The number of aliphatic hydroxyl groups is 1. The zero-order valence-electron chi connectivity index (χ0n) is 13.4. The van der Waals surface area contributed by atoms with Crippen LogP contribution in [0.5, 0.6) is 0 Å². The average Bonchev–Trinajstić information content (AvgIpc) is 2.55. The standard InChI is InChI=1S/C18H26N2O2/c1-14-6-4-5-10-20(14)18(22)12-19-11-9-15-7-2-3-8-16(15)17(19)13-21/h2-3,7-8,14,17,21H,4-6,9-13H2,1H3. The van der Waals surface area contributed by atoms with Crippen molar-refractivity contribution in [3.8, 4) is 0 Å². The summed E-state index contributed by atoms with van der Waals surface area (Å²) >= 11 is 0. The lowest BCUT2D eigenvalue weighted by molar-refractivity contribution is -0.136. The largest absolute Gasteiger partial charge is 0.394 e. The fourth-order valence-corrected chi connectivity index (χ4v) is 3.84. The molecule has 4 nitrogen and oxygen atoms in total. The average molecular weight is 302 g/mol. The Hall–Kier alpha value is -1.39. The maximum Gasteiger partial charge on any atom is 0.237 e. The number of rotatable bonds is 3. The van der Waals surface area contributed by atoms with Crippen LogP contribution in [0.25, 0.3) is 0 Å². The van der Waals surface area contributed by atoms with Crippen LogP contribution < -0.4 is 0 Å². The molecule has 3 rings (SSSR count). The molecule has 1 aromatic carbocycles. The van der Waals surface area contributed by atoms with Gasteiger partial charge in [0.25, 0.3) is 0 Å². The van der Waals surface area contributed by atoms with E-state index in [1.54, 1.807) is 0 Å². The highest BCUT2D eigenvalue weighted by atomic mass is 16.3. The maximum absolute atomic E-state index is 12.7. The molecule has 1 aromatic rings. The van der Waals surface area contributed by atoms with Crippen LogP contribution in [0.1, 0.15) is 43.4 Å². The Morgan fingerprint density at radius 2 is 2.09 bits per heavy atom. The molecular weight excluding hydrogens is 276 g/mol. The van der Waals surface area contributed by atoms with Crippen LogP contribution in [-0.4, -0.2) is 53.1 Å². The monoisotopic (exact) mass is 302 g/mol. The summed E-state index contributed by atoms with van der Waals surface area (Å²) in [4.78, 5) is 16.8. The summed E-state index contributed by atoms with van der Waals surface area (Å²) < 4.78 is 0. The fraction of sp³-hybridized carbons (Fsp3) is 0.611. The number of piperidine rings is 1. The molecule has 2 aliphatic rings. The van der Waals surface area contributed by atoms with Crippen molar-refractivity contribution in [1.82, 2.24) is 9.80 Å². The number of nitrogens with zero attached hydrogens (tertiary/aromatic N) is 2. The van der Waals surface area contributed by atoms with Crippen LogP contribution >= 0.6 is 0 Å². The van der Waals surface area contributed by atoms with Crippen LogP contribution in [0.2, 0.25) is 0 Å². The second kappa shape index (κ2) is 6.80. The zero-order valence-corrected chi connectivity index (χ0v) is 13.4. The first-order valence-electron chi connectivity index (χ1n) is 8.43. The van der Waals surface area contributed by atoms with Crippen molar-refractivity contribution in [3.05, 3.63) is 35.4 Å². The van der Waals surface area contributed by atoms with Gasteiger partial charge in [0.15, 0.2) is 0 Å². The molecule has 0 aromatic heterocycles. The van der Waals surface area contributed by atoms with Crippen LogP contribution in [0.3, 0.4) is 0 Å². The predicted molar refractivity (Wildman–Crippen MR) is 86.6 cm³/mol. The summed E-state index contributed by atoms with van der Waals surface area (Å²) in [6, 6.07) is 8.57. The van der Waals surface area contributed by atoms with Gasteiger partial charge in [-0.3, -0.25) is 9.69 Å². The number of hydrogen-bond acceptors (Lipinski definition) is 3. The van der Waals surface area contributed by atoms with Gasteiger partial charge < -0.3 is 10.0 Å².